The van der Waals surface area contributed by atoms with Crippen LogP contribution in [0.2, 0.25) is 0 Å². The van der Waals surface area contributed by atoms with Gasteiger partial charge < -0.3 is 4.57 Å². The van der Waals surface area contributed by atoms with E-state index in [2.05, 4.69) is 15.9 Å². The average molecular weight is 278 g/mol. The van der Waals surface area contributed by atoms with E-state index in [9.17, 15) is 13.2 Å². The number of hydrogen-bond donors (Lipinski definition) is 0. The Hall–Kier alpha value is -0.970. The quantitative estimate of drug-likeness (QED) is 0.687. The van der Waals surface area contributed by atoms with Crippen molar-refractivity contribution in [2.75, 3.05) is 0 Å². The summed E-state index contributed by atoms with van der Waals surface area (Å²) >= 11 is 2.97. The van der Waals surface area contributed by atoms with Gasteiger partial charge in [0, 0.05) is 18.0 Å². The number of hydrogen-bond acceptors (Lipinski definition) is 0. The number of alkyl halides is 3. The summed E-state index contributed by atoms with van der Waals surface area (Å²) in [5.74, 6) is 0. The number of aryl methyl sites for hydroxylation is 1. The van der Waals surface area contributed by atoms with E-state index >= 15 is 0 Å². The van der Waals surface area contributed by atoms with Crippen LogP contribution in [-0.4, -0.2) is 4.57 Å². The molecule has 0 unspecified atom stereocenters. The minimum atomic E-state index is -4.33. The molecule has 0 atom stereocenters. The summed E-state index contributed by atoms with van der Waals surface area (Å²) in [7, 11) is 1.60. The van der Waals surface area contributed by atoms with Gasteiger partial charge in [0.1, 0.15) is 0 Å². The van der Waals surface area contributed by atoms with Crippen molar-refractivity contribution in [1.82, 2.24) is 4.57 Å². The van der Waals surface area contributed by atoms with Gasteiger partial charge in [-0.2, -0.15) is 13.2 Å². The van der Waals surface area contributed by atoms with Crippen LogP contribution in [-0.2, 0) is 13.2 Å². The summed E-state index contributed by atoms with van der Waals surface area (Å²) in [5, 5.41) is 0.222. The molecule has 0 amide bonds. The van der Waals surface area contributed by atoms with Gasteiger partial charge in [0.05, 0.1) is 10.2 Å². The molecule has 1 nitrogen and oxygen atoms in total. The van der Waals surface area contributed by atoms with E-state index in [0.717, 1.165) is 0 Å². The van der Waals surface area contributed by atoms with Gasteiger partial charge in [0.2, 0.25) is 0 Å². The molecule has 0 bridgehead atoms. The Bertz CT molecular complexity index is 513. The Labute approximate surface area is 92.6 Å². The van der Waals surface area contributed by atoms with Crippen molar-refractivity contribution in [2.45, 2.75) is 6.18 Å². The van der Waals surface area contributed by atoms with Crippen molar-refractivity contribution in [3.63, 3.8) is 0 Å². The monoisotopic (exact) mass is 277 g/mol. The number of halogens is 4. The van der Waals surface area contributed by atoms with Crippen LogP contribution in [0.3, 0.4) is 0 Å². The van der Waals surface area contributed by atoms with Crippen LogP contribution in [0.1, 0.15) is 5.56 Å². The maximum Gasteiger partial charge on any atom is 0.419 e. The molecule has 0 aliphatic carbocycles. The second-order valence-electron chi connectivity index (χ2n) is 3.24. The zero-order chi connectivity index (χ0) is 11.2. The molecule has 0 N–H and O–H groups in total. The lowest BCUT2D eigenvalue weighted by Crippen LogP contribution is -2.05. The first-order chi connectivity index (χ1) is 6.93. The molecule has 1 heterocycles. The third-order valence-electron chi connectivity index (χ3n) is 2.32. The third-order valence-corrected chi connectivity index (χ3v) is 3.25. The zero-order valence-corrected chi connectivity index (χ0v) is 9.35. The highest BCUT2D eigenvalue weighted by molar-refractivity contribution is 9.10. The summed E-state index contributed by atoms with van der Waals surface area (Å²) in [5.41, 5.74) is -0.0442. The smallest absolute Gasteiger partial charge is 0.338 e. The molecule has 2 aromatic rings. The lowest BCUT2D eigenvalue weighted by molar-refractivity contribution is -0.137. The van der Waals surface area contributed by atoms with Crippen LogP contribution in [0.25, 0.3) is 10.9 Å². The van der Waals surface area contributed by atoms with E-state index in [1.165, 1.54) is 10.6 Å². The van der Waals surface area contributed by atoms with Crippen LogP contribution in [0.15, 0.2) is 28.9 Å². The fourth-order valence-electron chi connectivity index (χ4n) is 1.63. The van der Waals surface area contributed by atoms with E-state index in [-0.39, 0.29) is 9.99 Å². The van der Waals surface area contributed by atoms with Crippen LogP contribution < -0.4 is 0 Å². The molecule has 0 saturated carbocycles. The van der Waals surface area contributed by atoms with Gasteiger partial charge in [-0.05, 0) is 22.0 Å². The molecule has 15 heavy (non-hydrogen) atoms. The lowest BCUT2D eigenvalue weighted by atomic mass is 10.2. The summed E-state index contributed by atoms with van der Waals surface area (Å²) in [6.07, 6.45) is -4.33. The highest BCUT2D eigenvalue weighted by atomic mass is 79.9. The number of rotatable bonds is 0. The molecule has 0 aliphatic heterocycles. The molecule has 5 heteroatoms. The van der Waals surface area contributed by atoms with Gasteiger partial charge in [-0.25, -0.2) is 0 Å². The van der Waals surface area contributed by atoms with E-state index in [1.54, 1.807) is 25.2 Å². The largest absolute Gasteiger partial charge is 0.419 e. The van der Waals surface area contributed by atoms with Gasteiger partial charge in [-0.3, -0.25) is 0 Å². The van der Waals surface area contributed by atoms with Crippen molar-refractivity contribution in [3.8, 4) is 0 Å². The maximum atomic E-state index is 12.7. The molecule has 1 aromatic heterocycles. The predicted octanol–water partition coefficient (Wildman–Crippen LogP) is 3.96. The predicted molar refractivity (Wildman–Crippen MR) is 55.6 cm³/mol. The molecule has 0 fully saturated rings. The van der Waals surface area contributed by atoms with E-state index in [1.807, 2.05) is 0 Å². The van der Waals surface area contributed by atoms with Crippen molar-refractivity contribution in [3.05, 3.63) is 34.4 Å². The molecule has 0 aliphatic rings. The summed E-state index contributed by atoms with van der Waals surface area (Å²) in [6.45, 7) is 0. The standard InChI is InChI=1S/C10H7BrF3N/c1-15-7-5-3-2-4-6(7)8(9(15)11)10(12,13)14/h2-5H,1H3. The van der Waals surface area contributed by atoms with Gasteiger partial charge in [0.25, 0.3) is 0 Å². The first-order valence-corrected chi connectivity index (χ1v) is 5.02. The molecule has 0 saturated heterocycles. The number of para-hydroxylation sites is 1. The van der Waals surface area contributed by atoms with E-state index < -0.39 is 11.7 Å². The first-order valence-electron chi connectivity index (χ1n) is 4.23. The summed E-state index contributed by atoms with van der Waals surface area (Å²) < 4.78 is 39.8. The average Bonchev–Trinajstić information content (AvgIpc) is 2.39. The molecule has 0 spiro atoms. The second-order valence-corrected chi connectivity index (χ2v) is 3.99. The Morgan fingerprint density at radius 1 is 1.20 bits per heavy atom. The van der Waals surface area contributed by atoms with Crippen LogP contribution in [0, 0.1) is 0 Å². The van der Waals surface area contributed by atoms with Crippen LogP contribution in [0.4, 0.5) is 13.2 Å². The SMILES string of the molecule is Cn1c(Br)c(C(F)(F)F)c2ccccc21. The van der Waals surface area contributed by atoms with E-state index in [0.29, 0.717) is 5.52 Å². The van der Waals surface area contributed by atoms with Crippen molar-refractivity contribution in [2.24, 2.45) is 7.05 Å². The number of nitrogens with zero attached hydrogens (tertiary/aromatic N) is 1. The van der Waals surface area contributed by atoms with Gasteiger partial charge in [0.15, 0.2) is 0 Å². The summed E-state index contributed by atoms with van der Waals surface area (Å²) in [4.78, 5) is 0. The first kappa shape index (κ1) is 10.5. The van der Waals surface area contributed by atoms with Gasteiger partial charge in [-0.15, -0.1) is 0 Å². The minimum Gasteiger partial charge on any atom is -0.338 e. The van der Waals surface area contributed by atoms with Crippen molar-refractivity contribution >= 4 is 26.8 Å². The Balaban J connectivity index is 2.90. The molecule has 1 aromatic carbocycles. The normalized spacial score (nSPS) is 12.3. The molecule has 80 valence electrons. The highest BCUT2D eigenvalue weighted by Crippen LogP contribution is 2.41. The van der Waals surface area contributed by atoms with Crippen molar-refractivity contribution in [1.29, 1.82) is 0 Å². The third kappa shape index (κ3) is 1.55. The summed E-state index contributed by atoms with van der Waals surface area (Å²) in [6, 6.07) is 6.46. The molecular weight excluding hydrogens is 271 g/mol. The zero-order valence-electron chi connectivity index (χ0n) is 7.77. The highest BCUT2D eigenvalue weighted by Gasteiger charge is 2.37. The number of fused-ring (bicyclic) bond motifs is 1. The van der Waals surface area contributed by atoms with Gasteiger partial charge in [-0.1, -0.05) is 18.2 Å². The Morgan fingerprint density at radius 3 is 2.40 bits per heavy atom. The lowest BCUT2D eigenvalue weighted by Gasteiger charge is -2.05. The van der Waals surface area contributed by atoms with Crippen LogP contribution in [0.5, 0.6) is 0 Å². The topological polar surface area (TPSA) is 4.93 Å². The fourth-order valence-corrected chi connectivity index (χ4v) is 2.26. The molecule has 0 radical (unpaired) electrons. The Morgan fingerprint density at radius 2 is 1.80 bits per heavy atom. The number of benzene rings is 1. The molecular formula is C10H7BrF3N. The second kappa shape index (κ2) is 3.27. The van der Waals surface area contributed by atoms with E-state index in [4.69, 9.17) is 0 Å². The maximum absolute atomic E-state index is 12.7. The Kier molecular flexibility index (Phi) is 2.30. The van der Waals surface area contributed by atoms with Crippen molar-refractivity contribution < 1.29 is 13.2 Å². The number of aromatic nitrogens is 1. The fraction of sp³-hybridized carbons (Fsp3) is 0.200. The van der Waals surface area contributed by atoms with Crippen LogP contribution >= 0.6 is 15.9 Å². The molecule has 2 rings (SSSR count). The van der Waals surface area contributed by atoms with Gasteiger partial charge >= 0.3 is 6.18 Å². The minimum absolute atomic E-state index is 0.0659.